The molecule has 1 aromatic rings. The topological polar surface area (TPSA) is 26.3 Å². The van der Waals surface area contributed by atoms with Crippen molar-refractivity contribution in [3.63, 3.8) is 0 Å². The molecular weight excluding hydrogens is 221 g/mol. The molecule has 1 rings (SSSR count). The van der Waals surface area contributed by atoms with E-state index in [1.807, 2.05) is 0 Å². The summed E-state index contributed by atoms with van der Waals surface area (Å²) in [5, 5.41) is 0. The molecule has 1 aromatic carbocycles. The number of carbonyl (C=O) groups is 1. The Hall–Kier alpha value is -1.78. The number of ketones is 1. The minimum Gasteiger partial charge on any atom is -0.496 e. The van der Waals surface area contributed by atoms with Crippen molar-refractivity contribution in [3.8, 4) is 5.75 Å². The smallest absolute Gasteiger partial charge is 0.454 e. The van der Waals surface area contributed by atoms with Gasteiger partial charge in [-0.3, -0.25) is 4.79 Å². The van der Waals surface area contributed by atoms with E-state index >= 15 is 0 Å². The second-order valence-corrected chi connectivity index (χ2v) is 2.94. The maximum atomic E-state index is 11.9. The molecule has 16 heavy (non-hydrogen) atoms. The van der Waals surface area contributed by atoms with Crippen LogP contribution < -0.4 is 4.74 Å². The van der Waals surface area contributed by atoms with Crippen LogP contribution in [0.5, 0.6) is 5.75 Å². The lowest BCUT2D eigenvalue weighted by Gasteiger charge is -2.03. The maximum absolute atomic E-state index is 11.9. The summed E-state index contributed by atoms with van der Waals surface area (Å²) in [6, 6.07) is 6.47. The van der Waals surface area contributed by atoms with Gasteiger partial charge < -0.3 is 4.74 Å². The number of benzene rings is 1. The van der Waals surface area contributed by atoms with Crippen LogP contribution in [-0.4, -0.2) is 19.1 Å². The van der Waals surface area contributed by atoms with Gasteiger partial charge >= 0.3 is 6.18 Å². The zero-order valence-corrected chi connectivity index (χ0v) is 8.41. The molecule has 0 aliphatic heterocycles. The van der Waals surface area contributed by atoms with Crippen LogP contribution in [0.3, 0.4) is 0 Å². The fraction of sp³-hybridized carbons (Fsp3) is 0.182. The van der Waals surface area contributed by atoms with Crippen LogP contribution in [0.15, 0.2) is 30.3 Å². The third-order valence-electron chi connectivity index (χ3n) is 1.83. The molecule has 0 aliphatic rings. The summed E-state index contributed by atoms with van der Waals surface area (Å²) in [4.78, 5) is 10.6. The van der Waals surface area contributed by atoms with E-state index in [0.29, 0.717) is 17.4 Å². The van der Waals surface area contributed by atoms with E-state index < -0.39 is 12.0 Å². The first-order chi connectivity index (χ1) is 7.45. The van der Waals surface area contributed by atoms with Gasteiger partial charge in [-0.1, -0.05) is 18.2 Å². The molecule has 0 aromatic heterocycles. The number of alkyl halides is 3. The van der Waals surface area contributed by atoms with Gasteiger partial charge in [-0.15, -0.1) is 0 Å². The number of halogens is 3. The lowest BCUT2D eigenvalue weighted by Crippen LogP contribution is -2.19. The van der Waals surface area contributed by atoms with Gasteiger partial charge in [0.2, 0.25) is 0 Å². The van der Waals surface area contributed by atoms with Crippen molar-refractivity contribution >= 4 is 11.9 Å². The Balaban J connectivity index is 2.88. The van der Waals surface area contributed by atoms with Gasteiger partial charge in [-0.25, -0.2) is 0 Å². The fourth-order valence-electron chi connectivity index (χ4n) is 1.06. The van der Waals surface area contributed by atoms with Crippen LogP contribution in [0.1, 0.15) is 5.56 Å². The molecule has 2 nitrogen and oxygen atoms in total. The first-order valence-corrected chi connectivity index (χ1v) is 4.37. The van der Waals surface area contributed by atoms with Gasteiger partial charge in [0.15, 0.2) is 0 Å². The fourth-order valence-corrected chi connectivity index (χ4v) is 1.06. The largest absolute Gasteiger partial charge is 0.496 e. The molecule has 0 unspecified atom stereocenters. The zero-order valence-electron chi connectivity index (χ0n) is 8.41. The normalized spacial score (nSPS) is 11.8. The van der Waals surface area contributed by atoms with E-state index in [1.165, 1.54) is 7.11 Å². The second-order valence-electron chi connectivity index (χ2n) is 2.94. The predicted octanol–water partition coefficient (Wildman–Crippen LogP) is 2.84. The van der Waals surface area contributed by atoms with Crippen LogP contribution in [-0.2, 0) is 4.79 Å². The molecule has 5 heteroatoms. The number of rotatable bonds is 3. The van der Waals surface area contributed by atoms with Crippen molar-refractivity contribution in [1.29, 1.82) is 0 Å². The van der Waals surface area contributed by atoms with Crippen molar-refractivity contribution in [1.82, 2.24) is 0 Å². The summed E-state index contributed by atoms with van der Waals surface area (Å²) < 4.78 is 40.6. The van der Waals surface area contributed by atoms with E-state index in [-0.39, 0.29) is 0 Å². The molecule has 0 amide bonds. The molecule has 0 spiro atoms. The summed E-state index contributed by atoms with van der Waals surface area (Å²) in [5.41, 5.74) is 0.419. The van der Waals surface area contributed by atoms with Crippen LogP contribution in [0.2, 0.25) is 0 Å². The second kappa shape index (κ2) is 4.83. The van der Waals surface area contributed by atoms with Crippen molar-refractivity contribution in [2.75, 3.05) is 7.11 Å². The minimum atomic E-state index is -4.83. The van der Waals surface area contributed by atoms with Crippen molar-refractivity contribution in [2.45, 2.75) is 6.18 Å². The summed E-state index contributed by atoms with van der Waals surface area (Å²) in [6.45, 7) is 0. The highest BCUT2D eigenvalue weighted by Crippen LogP contribution is 2.21. The molecule has 0 saturated carbocycles. The number of allylic oxidation sites excluding steroid dienone is 1. The first kappa shape index (κ1) is 12.3. The van der Waals surface area contributed by atoms with E-state index in [0.717, 1.165) is 6.08 Å². The van der Waals surface area contributed by atoms with E-state index in [1.54, 1.807) is 24.3 Å². The Labute approximate surface area is 90.3 Å². The Morgan fingerprint density at radius 2 is 1.94 bits per heavy atom. The standard InChI is InChI=1S/C11H9F3O2/c1-16-9-5-3-2-4-8(9)6-7-10(15)11(12,13)14/h2-7H,1H3/b7-6-. The van der Waals surface area contributed by atoms with Gasteiger partial charge in [-0.2, -0.15) is 13.2 Å². The number of carbonyl (C=O) groups excluding carboxylic acids is 1. The number of hydrogen-bond donors (Lipinski definition) is 0. The van der Waals surface area contributed by atoms with Crippen LogP contribution >= 0.6 is 0 Å². The molecule has 0 bridgehead atoms. The average Bonchev–Trinajstić information content (AvgIpc) is 2.24. The lowest BCUT2D eigenvalue weighted by atomic mass is 10.1. The first-order valence-electron chi connectivity index (χ1n) is 4.37. The highest BCUT2D eigenvalue weighted by atomic mass is 19.4. The van der Waals surface area contributed by atoms with E-state index in [9.17, 15) is 18.0 Å². The van der Waals surface area contributed by atoms with Crippen molar-refractivity contribution in [3.05, 3.63) is 35.9 Å². The Kier molecular flexibility index (Phi) is 3.71. The maximum Gasteiger partial charge on any atom is 0.454 e. The molecule has 0 radical (unpaired) electrons. The summed E-state index contributed by atoms with van der Waals surface area (Å²) >= 11 is 0. The molecule has 0 atom stereocenters. The number of para-hydroxylation sites is 1. The average molecular weight is 230 g/mol. The Morgan fingerprint density at radius 1 is 1.31 bits per heavy atom. The summed E-state index contributed by atoms with van der Waals surface area (Å²) in [5.74, 6) is -1.48. The predicted molar refractivity (Wildman–Crippen MR) is 53.1 cm³/mol. The molecule has 0 aliphatic carbocycles. The van der Waals surface area contributed by atoms with E-state index in [4.69, 9.17) is 4.74 Å². The highest BCUT2D eigenvalue weighted by molar-refractivity contribution is 5.97. The number of ether oxygens (including phenoxy) is 1. The summed E-state index contributed by atoms with van der Waals surface area (Å²) in [7, 11) is 1.40. The van der Waals surface area contributed by atoms with E-state index in [2.05, 4.69) is 0 Å². The van der Waals surface area contributed by atoms with Gasteiger partial charge in [0, 0.05) is 5.56 Å². The number of methoxy groups -OCH3 is 1. The number of hydrogen-bond acceptors (Lipinski definition) is 2. The third-order valence-corrected chi connectivity index (χ3v) is 1.83. The SMILES string of the molecule is COc1ccccc1/C=C\C(=O)C(F)(F)F. The summed E-state index contributed by atoms with van der Waals surface area (Å²) in [6.07, 6.45) is -3.27. The molecule has 0 heterocycles. The molecule has 0 N–H and O–H groups in total. The van der Waals surface area contributed by atoms with Crippen molar-refractivity contribution in [2.24, 2.45) is 0 Å². The van der Waals surface area contributed by atoms with Gasteiger partial charge in [0.1, 0.15) is 5.75 Å². The quantitative estimate of drug-likeness (QED) is 0.746. The molecule has 86 valence electrons. The minimum absolute atomic E-state index is 0.411. The lowest BCUT2D eigenvalue weighted by molar-refractivity contribution is -0.165. The molecule has 0 fully saturated rings. The third kappa shape index (κ3) is 3.12. The van der Waals surface area contributed by atoms with Crippen LogP contribution in [0.25, 0.3) is 6.08 Å². The highest BCUT2D eigenvalue weighted by Gasteiger charge is 2.35. The van der Waals surface area contributed by atoms with Gasteiger partial charge in [0.05, 0.1) is 7.11 Å². The van der Waals surface area contributed by atoms with Gasteiger partial charge in [-0.05, 0) is 18.2 Å². The zero-order chi connectivity index (χ0) is 12.2. The van der Waals surface area contributed by atoms with Gasteiger partial charge in [0.25, 0.3) is 5.78 Å². The Morgan fingerprint density at radius 3 is 2.50 bits per heavy atom. The van der Waals surface area contributed by atoms with Crippen LogP contribution in [0.4, 0.5) is 13.2 Å². The van der Waals surface area contributed by atoms with Crippen LogP contribution in [0, 0.1) is 0 Å². The van der Waals surface area contributed by atoms with Crippen molar-refractivity contribution < 1.29 is 22.7 Å². The molecular formula is C11H9F3O2. The Bertz CT molecular complexity index is 408. The molecule has 0 saturated heterocycles. The monoisotopic (exact) mass is 230 g/mol.